The Morgan fingerprint density at radius 2 is 1.08 bits per heavy atom. The van der Waals surface area contributed by atoms with Gasteiger partial charge in [0.2, 0.25) is 0 Å². The summed E-state index contributed by atoms with van der Waals surface area (Å²) in [6.07, 6.45) is 18.0. The topological polar surface area (TPSA) is 26.3 Å². The molecular weight excluding hydrogens is 308 g/mol. The van der Waals surface area contributed by atoms with Crippen molar-refractivity contribution in [1.29, 1.82) is 0 Å². The van der Waals surface area contributed by atoms with Gasteiger partial charge in [0.25, 0.3) is 0 Å². The number of carbonyl (C=O) groups excluding carboxylic acids is 1. The number of carbonyl (C=O) groups is 1. The molecule has 144 valence electrons. The molecule has 0 aromatic rings. The maximum absolute atomic E-state index is 11.9. The van der Waals surface area contributed by atoms with Crippen molar-refractivity contribution >= 4 is 5.97 Å². The summed E-state index contributed by atoms with van der Waals surface area (Å²) in [5, 5.41) is 0. The van der Waals surface area contributed by atoms with Gasteiger partial charge >= 0.3 is 5.97 Å². The van der Waals surface area contributed by atoms with Crippen LogP contribution in [0.2, 0.25) is 0 Å². The molecule has 3 rings (SSSR count). The van der Waals surface area contributed by atoms with E-state index in [1.54, 1.807) is 0 Å². The van der Waals surface area contributed by atoms with Crippen LogP contribution in [0.4, 0.5) is 0 Å². The van der Waals surface area contributed by atoms with E-state index >= 15 is 0 Å². The highest BCUT2D eigenvalue weighted by Crippen LogP contribution is 2.46. The SMILES string of the molecule is CCOC(=O)C1CCC(C2CCC(C3CCC(CC)CC3)CC2)CC1. The molecule has 0 saturated heterocycles. The number of rotatable bonds is 5. The molecule has 3 aliphatic rings. The van der Waals surface area contributed by atoms with Crippen LogP contribution < -0.4 is 0 Å². The van der Waals surface area contributed by atoms with Crippen molar-refractivity contribution in [3.05, 3.63) is 0 Å². The highest BCUT2D eigenvalue weighted by atomic mass is 16.5. The minimum absolute atomic E-state index is 0.0624. The minimum Gasteiger partial charge on any atom is -0.466 e. The number of hydrogen-bond donors (Lipinski definition) is 0. The van der Waals surface area contributed by atoms with E-state index in [4.69, 9.17) is 4.74 Å². The fourth-order valence-corrected chi connectivity index (χ4v) is 6.24. The van der Waals surface area contributed by atoms with Gasteiger partial charge in [-0.1, -0.05) is 26.2 Å². The predicted molar refractivity (Wildman–Crippen MR) is 103 cm³/mol. The Balaban J connectivity index is 1.38. The van der Waals surface area contributed by atoms with Crippen molar-refractivity contribution in [1.82, 2.24) is 0 Å². The third kappa shape index (κ3) is 5.01. The highest BCUT2D eigenvalue weighted by Gasteiger charge is 2.35. The molecule has 0 bridgehead atoms. The predicted octanol–water partition coefficient (Wildman–Crippen LogP) is 6.38. The van der Waals surface area contributed by atoms with Gasteiger partial charge in [-0.25, -0.2) is 0 Å². The highest BCUT2D eigenvalue weighted by molar-refractivity contribution is 5.72. The number of ether oxygens (including phenoxy) is 1. The molecule has 0 aromatic carbocycles. The van der Waals surface area contributed by atoms with E-state index in [2.05, 4.69) is 6.92 Å². The van der Waals surface area contributed by atoms with Crippen molar-refractivity contribution in [3.8, 4) is 0 Å². The van der Waals surface area contributed by atoms with Crippen molar-refractivity contribution in [2.24, 2.45) is 35.5 Å². The Labute approximate surface area is 155 Å². The average Bonchev–Trinajstić information content (AvgIpc) is 2.68. The van der Waals surface area contributed by atoms with Gasteiger partial charge in [-0.15, -0.1) is 0 Å². The molecule has 2 nitrogen and oxygen atoms in total. The maximum Gasteiger partial charge on any atom is 0.308 e. The third-order valence-corrected chi connectivity index (χ3v) is 8.01. The first-order valence-electron chi connectivity index (χ1n) is 11.4. The standard InChI is InChI=1S/C23H40O2/c1-3-17-5-7-18(8-6-17)19-9-11-20(12-10-19)21-13-15-22(16-14-21)23(24)25-4-2/h17-22H,3-16H2,1-2H3. The average molecular weight is 349 g/mol. The molecule has 0 spiro atoms. The Morgan fingerprint density at radius 1 is 0.680 bits per heavy atom. The van der Waals surface area contributed by atoms with Crippen LogP contribution in [-0.4, -0.2) is 12.6 Å². The summed E-state index contributed by atoms with van der Waals surface area (Å²) in [6.45, 7) is 4.81. The van der Waals surface area contributed by atoms with E-state index in [0.29, 0.717) is 6.61 Å². The summed E-state index contributed by atoms with van der Waals surface area (Å²) < 4.78 is 5.22. The Kier molecular flexibility index (Phi) is 7.25. The molecule has 0 N–H and O–H groups in total. The second-order valence-electron chi connectivity index (χ2n) is 9.23. The zero-order valence-corrected chi connectivity index (χ0v) is 16.7. The quantitative estimate of drug-likeness (QED) is 0.539. The van der Waals surface area contributed by atoms with Crippen LogP contribution in [0, 0.1) is 35.5 Å². The molecule has 0 radical (unpaired) electrons. The lowest BCUT2D eigenvalue weighted by atomic mass is 9.65. The molecule has 3 aliphatic carbocycles. The molecule has 0 atom stereocenters. The van der Waals surface area contributed by atoms with Crippen LogP contribution in [0.25, 0.3) is 0 Å². The van der Waals surface area contributed by atoms with Crippen LogP contribution in [0.15, 0.2) is 0 Å². The molecule has 0 aromatic heterocycles. The lowest BCUT2D eigenvalue weighted by molar-refractivity contribution is -0.149. The van der Waals surface area contributed by atoms with Gasteiger partial charge in [0, 0.05) is 0 Å². The Bertz CT molecular complexity index is 394. The summed E-state index contributed by atoms with van der Waals surface area (Å²) in [6, 6.07) is 0. The molecule has 0 amide bonds. The minimum atomic E-state index is 0.0624. The van der Waals surface area contributed by atoms with Gasteiger partial charge < -0.3 is 4.74 Å². The molecular formula is C23H40O2. The third-order valence-electron chi connectivity index (χ3n) is 8.01. The summed E-state index contributed by atoms with van der Waals surface area (Å²) in [5.74, 6) is 5.21. The van der Waals surface area contributed by atoms with Crippen molar-refractivity contribution in [2.75, 3.05) is 6.61 Å². The van der Waals surface area contributed by atoms with E-state index in [0.717, 1.165) is 42.4 Å². The monoisotopic (exact) mass is 348 g/mol. The smallest absolute Gasteiger partial charge is 0.308 e. The van der Waals surface area contributed by atoms with E-state index in [9.17, 15) is 4.79 Å². The number of hydrogen-bond acceptors (Lipinski definition) is 2. The van der Waals surface area contributed by atoms with E-state index in [1.807, 2.05) is 6.92 Å². The van der Waals surface area contributed by atoms with Crippen LogP contribution in [0.1, 0.15) is 97.3 Å². The molecule has 0 heterocycles. The number of esters is 1. The van der Waals surface area contributed by atoms with Crippen molar-refractivity contribution in [3.63, 3.8) is 0 Å². The summed E-state index contributed by atoms with van der Waals surface area (Å²) in [7, 11) is 0. The largest absolute Gasteiger partial charge is 0.466 e. The van der Waals surface area contributed by atoms with Gasteiger partial charge in [0.15, 0.2) is 0 Å². The van der Waals surface area contributed by atoms with Crippen LogP contribution in [-0.2, 0) is 9.53 Å². The Morgan fingerprint density at radius 3 is 1.48 bits per heavy atom. The van der Waals surface area contributed by atoms with E-state index in [1.165, 1.54) is 70.6 Å². The van der Waals surface area contributed by atoms with Gasteiger partial charge in [-0.05, 0) is 101 Å². The Hall–Kier alpha value is -0.530. The lowest BCUT2D eigenvalue weighted by Gasteiger charge is -2.41. The zero-order chi connectivity index (χ0) is 17.6. The van der Waals surface area contributed by atoms with Crippen LogP contribution in [0.3, 0.4) is 0 Å². The normalized spacial score (nSPS) is 39.8. The van der Waals surface area contributed by atoms with Crippen molar-refractivity contribution < 1.29 is 9.53 Å². The first-order valence-corrected chi connectivity index (χ1v) is 11.4. The van der Waals surface area contributed by atoms with E-state index < -0.39 is 0 Å². The van der Waals surface area contributed by atoms with E-state index in [-0.39, 0.29) is 11.9 Å². The maximum atomic E-state index is 11.9. The molecule has 0 aliphatic heterocycles. The molecule has 2 heteroatoms. The fourth-order valence-electron chi connectivity index (χ4n) is 6.24. The van der Waals surface area contributed by atoms with Gasteiger partial charge in [0.05, 0.1) is 12.5 Å². The molecule has 3 saturated carbocycles. The molecule has 25 heavy (non-hydrogen) atoms. The lowest BCUT2D eigenvalue weighted by Crippen LogP contribution is -2.31. The molecule has 3 fully saturated rings. The van der Waals surface area contributed by atoms with Gasteiger partial charge in [-0.2, -0.15) is 0 Å². The second kappa shape index (κ2) is 9.42. The van der Waals surface area contributed by atoms with Gasteiger partial charge in [-0.3, -0.25) is 4.79 Å². The summed E-state index contributed by atoms with van der Waals surface area (Å²) in [5.41, 5.74) is 0. The van der Waals surface area contributed by atoms with Gasteiger partial charge in [0.1, 0.15) is 0 Å². The van der Waals surface area contributed by atoms with Crippen LogP contribution in [0.5, 0.6) is 0 Å². The molecule has 0 unspecified atom stereocenters. The van der Waals surface area contributed by atoms with Crippen molar-refractivity contribution in [2.45, 2.75) is 97.3 Å². The summed E-state index contributed by atoms with van der Waals surface area (Å²) in [4.78, 5) is 11.9. The van der Waals surface area contributed by atoms with Crippen LogP contribution >= 0.6 is 0 Å². The fraction of sp³-hybridized carbons (Fsp3) is 0.957. The first kappa shape index (κ1) is 19.2. The second-order valence-corrected chi connectivity index (χ2v) is 9.23. The summed E-state index contributed by atoms with van der Waals surface area (Å²) >= 11 is 0. The first-order chi connectivity index (χ1) is 12.2. The zero-order valence-electron chi connectivity index (χ0n) is 16.7.